The number of nitrogens with one attached hydrogen (secondary N) is 1. The van der Waals surface area contributed by atoms with Crippen LogP contribution in [0, 0.1) is 0 Å². The summed E-state index contributed by atoms with van der Waals surface area (Å²) in [5, 5.41) is 3.46. The van der Waals surface area contributed by atoms with Crippen molar-refractivity contribution in [3.63, 3.8) is 0 Å². The molecule has 0 bridgehead atoms. The highest BCUT2D eigenvalue weighted by atomic mass is 15.3. The quantitative estimate of drug-likeness (QED) is 0.862. The summed E-state index contributed by atoms with van der Waals surface area (Å²) in [4.78, 5) is 9.47. The van der Waals surface area contributed by atoms with Gasteiger partial charge in [-0.3, -0.25) is 9.89 Å². The van der Waals surface area contributed by atoms with Gasteiger partial charge in [0.1, 0.15) is 0 Å². The Morgan fingerprint density at radius 3 is 2.54 bits per heavy atom. The summed E-state index contributed by atoms with van der Waals surface area (Å²) in [6.07, 6.45) is 7.41. The minimum atomic E-state index is 0.0470. The maximum absolute atomic E-state index is 4.70. The Morgan fingerprint density at radius 2 is 1.79 bits per heavy atom. The summed E-state index contributed by atoms with van der Waals surface area (Å²) in [6.45, 7) is 5.41. The Kier molecular flexibility index (Phi) is 4.49. The molecule has 142 valence electrons. The normalized spacial score (nSPS) is 21.6. The van der Waals surface area contributed by atoms with E-state index in [1.165, 1.54) is 22.4 Å². The van der Waals surface area contributed by atoms with Crippen LogP contribution in [-0.2, 0) is 6.42 Å². The number of fused-ring (bicyclic) bond motifs is 1. The number of benzene rings is 2. The summed E-state index contributed by atoms with van der Waals surface area (Å²) in [5.41, 5.74) is 6.46. The van der Waals surface area contributed by atoms with Gasteiger partial charge in [0, 0.05) is 49.9 Å². The lowest BCUT2D eigenvalue weighted by Gasteiger charge is -2.40. The first-order chi connectivity index (χ1) is 13.8. The molecule has 0 amide bonds. The minimum Gasteiger partial charge on any atom is -0.361 e. The molecule has 3 heterocycles. The van der Waals surface area contributed by atoms with E-state index in [2.05, 4.69) is 83.0 Å². The highest BCUT2D eigenvalue weighted by Crippen LogP contribution is 2.33. The zero-order valence-electron chi connectivity index (χ0n) is 16.3. The fraction of sp³-hybridized carbons (Fsp3) is 0.292. The van der Waals surface area contributed by atoms with Crippen molar-refractivity contribution in [2.75, 3.05) is 19.6 Å². The smallest absolute Gasteiger partial charge is 0.151 e. The zero-order valence-corrected chi connectivity index (χ0v) is 16.3. The number of allylic oxidation sites excluding steroid dienone is 1. The van der Waals surface area contributed by atoms with Crippen LogP contribution in [0.25, 0.3) is 0 Å². The Morgan fingerprint density at radius 1 is 1.00 bits per heavy atom. The van der Waals surface area contributed by atoms with Gasteiger partial charge in [0.2, 0.25) is 0 Å². The van der Waals surface area contributed by atoms with Gasteiger partial charge < -0.3 is 10.2 Å². The summed E-state index contributed by atoms with van der Waals surface area (Å²) < 4.78 is 0. The Labute approximate surface area is 166 Å². The van der Waals surface area contributed by atoms with Crippen molar-refractivity contribution >= 4 is 6.21 Å². The topological polar surface area (TPSA) is 30.9 Å². The van der Waals surface area contributed by atoms with Crippen LogP contribution in [0.4, 0.5) is 0 Å². The van der Waals surface area contributed by atoms with E-state index in [4.69, 9.17) is 4.99 Å². The molecule has 3 aliphatic rings. The molecule has 1 fully saturated rings. The lowest BCUT2D eigenvalue weighted by Crippen LogP contribution is -2.47. The third kappa shape index (κ3) is 3.25. The predicted molar refractivity (Wildman–Crippen MR) is 114 cm³/mol. The molecule has 2 aromatic rings. The van der Waals surface area contributed by atoms with Gasteiger partial charge in [-0.1, -0.05) is 61.5 Å². The van der Waals surface area contributed by atoms with Crippen LogP contribution in [0.2, 0.25) is 0 Å². The summed E-state index contributed by atoms with van der Waals surface area (Å²) in [7, 11) is 0. The van der Waals surface area contributed by atoms with E-state index in [1.807, 2.05) is 12.3 Å². The maximum Gasteiger partial charge on any atom is 0.151 e. The average Bonchev–Trinajstić information content (AvgIpc) is 3.14. The largest absolute Gasteiger partial charge is 0.361 e. The van der Waals surface area contributed by atoms with Crippen molar-refractivity contribution in [3.8, 4) is 0 Å². The maximum atomic E-state index is 4.70. The average molecular weight is 371 g/mol. The lowest BCUT2D eigenvalue weighted by molar-refractivity contribution is 0.159. The van der Waals surface area contributed by atoms with Gasteiger partial charge in [-0.15, -0.1) is 0 Å². The van der Waals surface area contributed by atoms with Gasteiger partial charge in [-0.05, 0) is 23.1 Å². The van der Waals surface area contributed by atoms with Gasteiger partial charge >= 0.3 is 0 Å². The van der Waals surface area contributed by atoms with Crippen LogP contribution in [-0.4, -0.2) is 35.6 Å². The molecule has 0 aliphatic carbocycles. The van der Waals surface area contributed by atoms with Crippen molar-refractivity contribution < 1.29 is 0 Å². The molecule has 0 aromatic heterocycles. The molecule has 4 nitrogen and oxygen atoms in total. The molecule has 0 saturated carbocycles. The van der Waals surface area contributed by atoms with Crippen molar-refractivity contribution in [2.24, 2.45) is 4.99 Å². The molecule has 4 heteroatoms. The van der Waals surface area contributed by atoms with Gasteiger partial charge in [-0.25, -0.2) is 0 Å². The van der Waals surface area contributed by atoms with Crippen LogP contribution in [0.1, 0.15) is 35.7 Å². The van der Waals surface area contributed by atoms with Gasteiger partial charge in [0.15, 0.2) is 6.17 Å². The third-order valence-electron chi connectivity index (χ3n) is 5.92. The van der Waals surface area contributed by atoms with E-state index in [0.29, 0.717) is 5.92 Å². The number of rotatable bonds is 5. The van der Waals surface area contributed by atoms with Crippen LogP contribution in [0.15, 0.2) is 83.4 Å². The monoisotopic (exact) mass is 370 g/mol. The molecule has 3 aliphatic heterocycles. The van der Waals surface area contributed by atoms with E-state index < -0.39 is 0 Å². The number of aryl methyl sites for hydroxylation is 1. The standard InChI is InChI=1S/C24H26N4/c1-2-18-8-10-19(11-9-18)21-14-27(15-21)16-22-17-28-23(12-25-22)13-26-24(28)20-6-4-3-5-7-20/h3-13,17,21,24-25H,2,14-16H2,1H3. The lowest BCUT2D eigenvalue weighted by atomic mass is 9.90. The van der Waals surface area contributed by atoms with Gasteiger partial charge in [0.25, 0.3) is 0 Å². The molecule has 2 aromatic carbocycles. The highest BCUT2D eigenvalue weighted by molar-refractivity contribution is 5.81. The van der Waals surface area contributed by atoms with Crippen LogP contribution in [0.5, 0.6) is 0 Å². The Balaban J connectivity index is 1.21. The molecule has 1 saturated heterocycles. The van der Waals surface area contributed by atoms with E-state index in [-0.39, 0.29) is 6.17 Å². The highest BCUT2D eigenvalue weighted by Gasteiger charge is 2.31. The predicted octanol–water partition coefficient (Wildman–Crippen LogP) is 4.02. The first-order valence-electron chi connectivity index (χ1n) is 10.1. The van der Waals surface area contributed by atoms with Crippen LogP contribution in [0.3, 0.4) is 0 Å². The molecule has 0 radical (unpaired) electrons. The van der Waals surface area contributed by atoms with Crippen molar-refractivity contribution in [2.45, 2.75) is 25.4 Å². The molecule has 0 spiro atoms. The molecule has 1 N–H and O–H groups in total. The number of hydrogen-bond donors (Lipinski definition) is 1. The molecular formula is C24H26N4. The fourth-order valence-corrected chi connectivity index (χ4v) is 4.19. The van der Waals surface area contributed by atoms with Crippen LogP contribution < -0.4 is 5.32 Å². The first-order valence-corrected chi connectivity index (χ1v) is 10.1. The Bertz CT molecular complexity index is 921. The minimum absolute atomic E-state index is 0.0470. The Hall–Kier alpha value is -2.85. The summed E-state index contributed by atoms with van der Waals surface area (Å²) >= 11 is 0. The molecule has 1 unspecified atom stereocenters. The summed E-state index contributed by atoms with van der Waals surface area (Å²) in [6, 6.07) is 19.6. The third-order valence-corrected chi connectivity index (χ3v) is 5.92. The first kappa shape index (κ1) is 17.3. The molecule has 28 heavy (non-hydrogen) atoms. The van der Waals surface area contributed by atoms with Gasteiger partial charge in [-0.2, -0.15) is 0 Å². The zero-order chi connectivity index (χ0) is 18.9. The number of nitrogens with zero attached hydrogens (tertiary/aromatic N) is 3. The number of aliphatic imine (C=N–C) groups is 1. The number of hydrogen-bond acceptors (Lipinski definition) is 4. The summed E-state index contributed by atoms with van der Waals surface area (Å²) in [5.74, 6) is 0.661. The fourth-order valence-electron chi connectivity index (χ4n) is 4.19. The van der Waals surface area contributed by atoms with E-state index in [1.54, 1.807) is 0 Å². The molecule has 1 atom stereocenters. The second kappa shape index (κ2) is 7.28. The second-order valence-electron chi connectivity index (χ2n) is 7.82. The molecular weight excluding hydrogens is 344 g/mol. The van der Waals surface area contributed by atoms with E-state index >= 15 is 0 Å². The van der Waals surface area contributed by atoms with Crippen molar-refractivity contribution in [3.05, 3.63) is 95.1 Å². The molecule has 5 rings (SSSR count). The van der Waals surface area contributed by atoms with Crippen molar-refractivity contribution in [1.29, 1.82) is 0 Å². The SMILES string of the molecule is CCc1ccc(C2CN(CC3=CN4C(=CN3)C=NC4c3ccccc3)C2)cc1. The van der Waals surface area contributed by atoms with E-state index in [0.717, 1.165) is 31.8 Å². The van der Waals surface area contributed by atoms with Crippen molar-refractivity contribution in [1.82, 2.24) is 15.1 Å². The van der Waals surface area contributed by atoms with Crippen LogP contribution >= 0.6 is 0 Å². The number of likely N-dealkylation sites (tertiary alicyclic amines) is 1. The second-order valence-corrected chi connectivity index (χ2v) is 7.82. The van der Waals surface area contributed by atoms with E-state index in [9.17, 15) is 0 Å². The van der Waals surface area contributed by atoms with Gasteiger partial charge in [0.05, 0.1) is 5.70 Å².